The summed E-state index contributed by atoms with van der Waals surface area (Å²) in [5, 5.41) is 0. The first kappa shape index (κ1) is 9.71. The number of nitrogen functional groups attached to an aromatic ring is 1. The molecule has 2 unspecified atom stereocenters. The van der Waals surface area contributed by atoms with Crippen molar-refractivity contribution >= 4 is 11.9 Å². The summed E-state index contributed by atoms with van der Waals surface area (Å²) < 4.78 is 18.6. The van der Waals surface area contributed by atoms with E-state index in [-0.39, 0.29) is 0 Å². The Bertz CT molecular complexity index is 386. The van der Waals surface area contributed by atoms with Gasteiger partial charge in [0.25, 0.3) is 0 Å². The van der Waals surface area contributed by atoms with Crippen molar-refractivity contribution in [1.29, 1.82) is 0 Å². The number of hydrogen-bond acceptors (Lipinski definition) is 3. The second-order valence-electron chi connectivity index (χ2n) is 3.20. The third-order valence-corrected chi connectivity index (χ3v) is 2.02. The predicted molar refractivity (Wildman–Crippen MR) is 57.8 cm³/mol. The van der Waals surface area contributed by atoms with Gasteiger partial charge in [-0.1, -0.05) is 0 Å². The van der Waals surface area contributed by atoms with Crippen molar-refractivity contribution in [2.24, 2.45) is 4.99 Å². The number of dihydropyridines is 1. The van der Waals surface area contributed by atoms with Crippen LogP contribution in [0.15, 0.2) is 41.4 Å². The van der Waals surface area contributed by atoms with E-state index >= 15 is 0 Å². The average Bonchev–Trinajstić information content (AvgIpc) is 2.25. The van der Waals surface area contributed by atoms with Crippen LogP contribution in [0.1, 0.15) is 0 Å². The first-order valence-corrected chi connectivity index (χ1v) is 4.62. The molecule has 78 valence electrons. The third-order valence-electron chi connectivity index (χ3n) is 2.02. The molecule has 0 radical (unpaired) electrons. The molecule has 0 amide bonds. The quantitative estimate of drug-likeness (QED) is 0.752. The van der Waals surface area contributed by atoms with Gasteiger partial charge in [-0.25, -0.2) is 9.38 Å². The Kier molecular flexibility index (Phi) is 2.67. The second kappa shape index (κ2) is 4.13. The maximum Gasteiger partial charge on any atom is 0.224 e. The van der Waals surface area contributed by atoms with Gasteiger partial charge in [0.15, 0.2) is 6.17 Å². The molecule has 0 fully saturated rings. The minimum atomic E-state index is -1.20. The van der Waals surface area contributed by atoms with Crippen LogP contribution in [0.3, 0.4) is 0 Å². The molecule has 0 aliphatic carbocycles. The number of anilines is 1. The molecule has 0 saturated heterocycles. The minimum Gasteiger partial charge on any atom is -0.465 e. The second-order valence-corrected chi connectivity index (χ2v) is 3.20. The number of hydrogen-bond donors (Lipinski definition) is 1. The highest BCUT2D eigenvalue weighted by atomic mass is 19.1. The van der Waals surface area contributed by atoms with Crippen LogP contribution >= 0.6 is 0 Å². The molecule has 1 heterocycles. The zero-order valence-corrected chi connectivity index (χ0v) is 8.01. The molecule has 0 spiro atoms. The molecule has 0 bridgehead atoms. The number of aliphatic imine (C=N–C) groups is 1. The summed E-state index contributed by atoms with van der Waals surface area (Å²) >= 11 is 0. The van der Waals surface area contributed by atoms with Crippen molar-refractivity contribution in [2.45, 2.75) is 12.4 Å². The first-order valence-electron chi connectivity index (χ1n) is 4.62. The Hall–Kier alpha value is -1.84. The molecule has 1 aromatic carbocycles. The number of nitrogens with two attached hydrogens (primary N) is 1. The van der Waals surface area contributed by atoms with Gasteiger partial charge in [0.1, 0.15) is 5.75 Å². The lowest BCUT2D eigenvalue weighted by molar-refractivity contribution is 0.133. The molecule has 3 nitrogen and oxygen atoms in total. The van der Waals surface area contributed by atoms with Gasteiger partial charge in [-0.3, -0.25) is 0 Å². The number of ether oxygens (including phenoxy) is 1. The smallest absolute Gasteiger partial charge is 0.224 e. The van der Waals surface area contributed by atoms with Gasteiger partial charge in [-0.2, -0.15) is 0 Å². The molecular formula is C11H11FN2O. The summed E-state index contributed by atoms with van der Waals surface area (Å²) in [4.78, 5) is 3.89. The highest BCUT2D eigenvalue weighted by Gasteiger charge is 2.20. The topological polar surface area (TPSA) is 47.6 Å². The summed E-state index contributed by atoms with van der Waals surface area (Å²) in [5.41, 5.74) is 6.16. The first-order chi connectivity index (χ1) is 7.25. The largest absolute Gasteiger partial charge is 0.465 e. The third kappa shape index (κ3) is 2.34. The van der Waals surface area contributed by atoms with E-state index in [4.69, 9.17) is 10.5 Å². The van der Waals surface area contributed by atoms with Crippen molar-refractivity contribution < 1.29 is 9.13 Å². The SMILES string of the molecule is Nc1ccc(OC2N=CC=CC2F)cc1. The fourth-order valence-corrected chi connectivity index (χ4v) is 1.25. The van der Waals surface area contributed by atoms with Crippen LogP contribution in [-0.2, 0) is 0 Å². The summed E-state index contributed by atoms with van der Waals surface area (Å²) in [6.45, 7) is 0. The van der Waals surface area contributed by atoms with E-state index in [1.54, 1.807) is 30.3 Å². The van der Waals surface area contributed by atoms with Crippen LogP contribution in [0.25, 0.3) is 0 Å². The van der Waals surface area contributed by atoms with E-state index in [0.717, 1.165) is 0 Å². The summed E-state index contributed by atoms with van der Waals surface area (Å²) in [6.07, 6.45) is 2.51. The minimum absolute atomic E-state index is 0.560. The standard InChI is InChI=1S/C11H11FN2O/c12-10-2-1-7-14-11(10)15-9-5-3-8(13)4-6-9/h1-7,10-11H,13H2. The summed E-state index contributed by atoms with van der Waals surface area (Å²) in [6, 6.07) is 6.78. The van der Waals surface area contributed by atoms with E-state index < -0.39 is 12.4 Å². The number of benzene rings is 1. The Morgan fingerprint density at radius 2 is 2.00 bits per heavy atom. The molecule has 0 saturated carbocycles. The van der Waals surface area contributed by atoms with Gasteiger partial charge in [0, 0.05) is 11.9 Å². The van der Waals surface area contributed by atoms with Crippen molar-refractivity contribution in [2.75, 3.05) is 5.73 Å². The highest BCUT2D eigenvalue weighted by molar-refractivity contribution is 5.72. The van der Waals surface area contributed by atoms with E-state index in [1.807, 2.05) is 0 Å². The van der Waals surface area contributed by atoms with Gasteiger partial charge in [0.05, 0.1) is 0 Å². The van der Waals surface area contributed by atoms with Crippen molar-refractivity contribution in [3.05, 3.63) is 36.4 Å². The predicted octanol–water partition coefficient (Wildman–Crippen LogP) is 1.95. The van der Waals surface area contributed by atoms with E-state index in [1.165, 1.54) is 12.3 Å². The van der Waals surface area contributed by atoms with Crippen molar-refractivity contribution in [3.8, 4) is 5.75 Å². The van der Waals surface area contributed by atoms with E-state index in [2.05, 4.69) is 4.99 Å². The Balaban J connectivity index is 2.05. The monoisotopic (exact) mass is 206 g/mol. The van der Waals surface area contributed by atoms with E-state index in [9.17, 15) is 4.39 Å². The van der Waals surface area contributed by atoms with Gasteiger partial charge in [-0.15, -0.1) is 0 Å². The van der Waals surface area contributed by atoms with Crippen molar-refractivity contribution in [3.63, 3.8) is 0 Å². The van der Waals surface area contributed by atoms with Crippen LogP contribution in [0.4, 0.5) is 10.1 Å². The fraction of sp³-hybridized carbons (Fsp3) is 0.182. The number of nitrogens with zero attached hydrogens (tertiary/aromatic N) is 1. The molecule has 4 heteroatoms. The number of halogens is 1. The lowest BCUT2D eigenvalue weighted by Gasteiger charge is -2.18. The Morgan fingerprint density at radius 1 is 1.27 bits per heavy atom. The molecule has 15 heavy (non-hydrogen) atoms. The maximum atomic E-state index is 13.3. The highest BCUT2D eigenvalue weighted by Crippen LogP contribution is 2.18. The zero-order valence-electron chi connectivity index (χ0n) is 8.01. The average molecular weight is 206 g/mol. The molecule has 1 aliphatic rings. The van der Waals surface area contributed by atoms with Gasteiger partial charge < -0.3 is 10.5 Å². The summed E-state index contributed by atoms with van der Waals surface area (Å²) in [7, 11) is 0. The molecule has 0 aromatic heterocycles. The number of allylic oxidation sites excluding steroid dienone is 1. The van der Waals surface area contributed by atoms with Gasteiger partial charge in [0.2, 0.25) is 6.23 Å². The van der Waals surface area contributed by atoms with Gasteiger partial charge in [-0.05, 0) is 36.4 Å². The maximum absolute atomic E-state index is 13.3. The molecule has 1 aromatic rings. The van der Waals surface area contributed by atoms with Crippen LogP contribution in [0.5, 0.6) is 5.75 Å². The molecule has 1 aliphatic heterocycles. The van der Waals surface area contributed by atoms with Crippen LogP contribution < -0.4 is 10.5 Å². The van der Waals surface area contributed by atoms with Crippen LogP contribution in [0, 0.1) is 0 Å². The normalized spacial score (nSPS) is 24.1. The molecule has 2 atom stereocenters. The fourth-order valence-electron chi connectivity index (χ4n) is 1.25. The van der Waals surface area contributed by atoms with Gasteiger partial charge >= 0.3 is 0 Å². The lowest BCUT2D eigenvalue weighted by atomic mass is 10.2. The molecule has 2 rings (SSSR count). The summed E-state index contributed by atoms with van der Waals surface area (Å²) in [5.74, 6) is 0.560. The van der Waals surface area contributed by atoms with Crippen LogP contribution in [-0.4, -0.2) is 18.6 Å². The Morgan fingerprint density at radius 3 is 2.67 bits per heavy atom. The van der Waals surface area contributed by atoms with Crippen LogP contribution in [0.2, 0.25) is 0 Å². The number of rotatable bonds is 2. The Labute approximate surface area is 87.1 Å². The lowest BCUT2D eigenvalue weighted by Crippen LogP contribution is -2.26. The zero-order chi connectivity index (χ0) is 10.7. The van der Waals surface area contributed by atoms with Crippen molar-refractivity contribution in [1.82, 2.24) is 0 Å². The number of alkyl halides is 1. The molecular weight excluding hydrogens is 195 g/mol. The molecule has 2 N–H and O–H groups in total. The van der Waals surface area contributed by atoms with E-state index in [0.29, 0.717) is 11.4 Å².